The van der Waals surface area contributed by atoms with Gasteiger partial charge < -0.3 is 25.0 Å². The summed E-state index contributed by atoms with van der Waals surface area (Å²) in [4.78, 5) is 26.2. The Labute approximate surface area is 212 Å². The van der Waals surface area contributed by atoms with E-state index in [-0.39, 0.29) is 17.0 Å². The number of carboxylic acid groups (broad SMARTS) is 1. The molecule has 0 aliphatic carbocycles. The number of hydrogen-bond donors (Lipinski definition) is 3. The molecule has 1 amide bonds. The van der Waals surface area contributed by atoms with Crippen molar-refractivity contribution in [3.05, 3.63) is 53.7 Å². The number of carbonyl (C=O) groups is 2. The molecule has 4 rings (SSSR count). The molecule has 1 aliphatic heterocycles. The van der Waals surface area contributed by atoms with Gasteiger partial charge in [0.05, 0.1) is 5.52 Å². The minimum atomic E-state index is -5.08. The summed E-state index contributed by atoms with van der Waals surface area (Å²) < 4.78 is 72.9. The second-order valence-electron chi connectivity index (χ2n) is 8.23. The average Bonchev–Trinajstić information content (AvgIpc) is 3.25. The molecule has 206 valence electrons. The van der Waals surface area contributed by atoms with E-state index in [1.807, 2.05) is 24.3 Å². The van der Waals surface area contributed by atoms with Crippen LogP contribution in [0.25, 0.3) is 10.9 Å². The molecule has 1 fully saturated rings. The number of ether oxygens (including phenoxy) is 1. The van der Waals surface area contributed by atoms with Crippen LogP contribution in [0.15, 0.2) is 42.5 Å². The van der Waals surface area contributed by atoms with E-state index in [1.54, 1.807) is 0 Å². The first-order chi connectivity index (χ1) is 17.7. The molecule has 38 heavy (non-hydrogen) atoms. The number of nitrogens with zero attached hydrogens (tertiary/aromatic N) is 3. The standard InChI is InChI=1S/C21H22F3N5O2.C2HF3O2/c1-28-8-10-29(11-9-28)18-5-3-2-4-14(18)13-25-20(30)19-16-7-6-15(31-21(22,23)24)12-17(16)26-27-19;3-2(4,5)1(6)7/h2-7,12H,8-11,13H2,1H3,(H,25,30)(H,26,27);(H,6,7). The van der Waals surface area contributed by atoms with Crippen LogP contribution < -0.4 is 15.0 Å². The minimum absolute atomic E-state index is 0.116. The predicted molar refractivity (Wildman–Crippen MR) is 124 cm³/mol. The summed E-state index contributed by atoms with van der Waals surface area (Å²) in [6, 6.07) is 11.6. The third-order valence-electron chi connectivity index (χ3n) is 5.50. The first kappa shape index (κ1) is 28.6. The Morgan fingerprint density at radius 1 is 1.05 bits per heavy atom. The molecule has 0 saturated carbocycles. The number of likely N-dealkylation sites (N-methyl/N-ethyl adjacent to an activating group) is 1. The molecule has 1 saturated heterocycles. The number of para-hydroxylation sites is 1. The number of fused-ring (bicyclic) bond motifs is 1. The van der Waals surface area contributed by atoms with Gasteiger partial charge in [-0.05, 0) is 30.8 Å². The summed E-state index contributed by atoms with van der Waals surface area (Å²) in [6.45, 7) is 4.08. The lowest BCUT2D eigenvalue weighted by Crippen LogP contribution is -2.45. The van der Waals surface area contributed by atoms with Gasteiger partial charge in [0.2, 0.25) is 0 Å². The van der Waals surface area contributed by atoms with Crippen molar-refractivity contribution in [3.8, 4) is 5.75 Å². The highest BCUT2D eigenvalue weighted by molar-refractivity contribution is 6.04. The molecular formula is C23H23F6N5O4. The third kappa shape index (κ3) is 7.74. The zero-order valence-corrected chi connectivity index (χ0v) is 19.9. The molecule has 0 bridgehead atoms. The van der Waals surface area contributed by atoms with Gasteiger partial charge in [-0.2, -0.15) is 18.3 Å². The van der Waals surface area contributed by atoms with E-state index in [1.165, 1.54) is 6.07 Å². The van der Waals surface area contributed by atoms with Crippen LogP contribution in [0.4, 0.5) is 32.0 Å². The van der Waals surface area contributed by atoms with Gasteiger partial charge in [-0.15, -0.1) is 13.2 Å². The van der Waals surface area contributed by atoms with Crippen LogP contribution in [0.2, 0.25) is 0 Å². The molecule has 1 aliphatic rings. The van der Waals surface area contributed by atoms with E-state index in [9.17, 15) is 31.1 Å². The summed E-state index contributed by atoms with van der Waals surface area (Å²) in [5, 5.41) is 17.0. The maximum absolute atomic E-state index is 12.7. The van der Waals surface area contributed by atoms with E-state index in [4.69, 9.17) is 9.90 Å². The van der Waals surface area contributed by atoms with Gasteiger partial charge in [0.25, 0.3) is 5.91 Å². The Morgan fingerprint density at radius 3 is 2.29 bits per heavy atom. The molecule has 15 heteroatoms. The third-order valence-corrected chi connectivity index (χ3v) is 5.50. The summed E-state index contributed by atoms with van der Waals surface area (Å²) >= 11 is 0. The van der Waals surface area contributed by atoms with Gasteiger partial charge in [-0.3, -0.25) is 9.89 Å². The Bertz CT molecular complexity index is 1270. The van der Waals surface area contributed by atoms with Gasteiger partial charge in [-0.25, -0.2) is 4.79 Å². The number of aromatic nitrogens is 2. The first-order valence-corrected chi connectivity index (χ1v) is 11.1. The van der Waals surface area contributed by atoms with E-state index in [0.717, 1.165) is 49.6 Å². The normalized spacial score (nSPS) is 14.6. The van der Waals surface area contributed by atoms with Crippen molar-refractivity contribution >= 4 is 28.5 Å². The minimum Gasteiger partial charge on any atom is -0.475 e. The molecule has 0 unspecified atom stereocenters. The highest BCUT2D eigenvalue weighted by Crippen LogP contribution is 2.27. The Morgan fingerprint density at radius 2 is 1.68 bits per heavy atom. The fourth-order valence-electron chi connectivity index (χ4n) is 3.64. The zero-order valence-electron chi connectivity index (χ0n) is 19.9. The number of alkyl halides is 6. The lowest BCUT2D eigenvalue weighted by Gasteiger charge is -2.35. The number of rotatable bonds is 5. The monoisotopic (exact) mass is 547 g/mol. The number of amides is 1. The maximum Gasteiger partial charge on any atom is 0.573 e. The predicted octanol–water partition coefficient (Wildman–Crippen LogP) is 3.78. The maximum atomic E-state index is 12.7. The van der Waals surface area contributed by atoms with E-state index < -0.39 is 24.4 Å². The van der Waals surface area contributed by atoms with E-state index >= 15 is 0 Å². The SMILES string of the molecule is CN1CCN(c2ccccc2CNC(=O)c2n[nH]c3cc(OC(F)(F)F)ccc23)CC1.O=C(O)C(F)(F)F. The fraction of sp³-hybridized carbons (Fsp3) is 0.348. The number of aromatic amines is 1. The number of H-pyrrole nitrogens is 1. The number of carbonyl (C=O) groups excluding carboxylic acids is 1. The van der Waals surface area contributed by atoms with Crippen LogP contribution in [0, 0.1) is 0 Å². The number of piperazine rings is 1. The molecule has 0 spiro atoms. The average molecular weight is 547 g/mol. The summed E-state index contributed by atoms with van der Waals surface area (Å²) in [6.07, 6.45) is -9.87. The van der Waals surface area contributed by atoms with Crippen molar-refractivity contribution < 1.29 is 45.8 Å². The number of carboxylic acids is 1. The Hall–Kier alpha value is -4.01. The second kappa shape index (κ2) is 11.6. The molecule has 1 aromatic heterocycles. The van der Waals surface area contributed by atoms with Crippen LogP contribution in [0.5, 0.6) is 5.75 Å². The molecule has 2 heterocycles. The lowest BCUT2D eigenvalue weighted by atomic mass is 10.1. The van der Waals surface area contributed by atoms with Crippen LogP contribution in [-0.4, -0.2) is 77.8 Å². The fourth-order valence-corrected chi connectivity index (χ4v) is 3.64. The van der Waals surface area contributed by atoms with Gasteiger partial charge >= 0.3 is 18.5 Å². The highest BCUT2D eigenvalue weighted by atomic mass is 19.4. The van der Waals surface area contributed by atoms with Crippen molar-refractivity contribution in [3.63, 3.8) is 0 Å². The van der Waals surface area contributed by atoms with E-state index in [0.29, 0.717) is 11.9 Å². The molecule has 0 radical (unpaired) electrons. The smallest absolute Gasteiger partial charge is 0.475 e. The van der Waals surface area contributed by atoms with Crippen molar-refractivity contribution in [1.82, 2.24) is 20.4 Å². The summed E-state index contributed by atoms with van der Waals surface area (Å²) in [5.74, 6) is -3.55. The summed E-state index contributed by atoms with van der Waals surface area (Å²) in [5.41, 5.74) is 2.47. The number of halogens is 6. The number of hydrogen-bond acceptors (Lipinski definition) is 6. The largest absolute Gasteiger partial charge is 0.573 e. The van der Waals surface area contributed by atoms with Gasteiger partial charge in [0.15, 0.2) is 5.69 Å². The van der Waals surface area contributed by atoms with Crippen molar-refractivity contribution in [2.75, 3.05) is 38.1 Å². The van der Waals surface area contributed by atoms with Crippen LogP contribution in [-0.2, 0) is 11.3 Å². The number of benzene rings is 2. The molecule has 9 nitrogen and oxygen atoms in total. The molecule has 3 aromatic rings. The van der Waals surface area contributed by atoms with Gasteiger partial charge in [-0.1, -0.05) is 18.2 Å². The Balaban J connectivity index is 0.000000505. The molecule has 0 atom stereocenters. The zero-order chi connectivity index (χ0) is 28.1. The van der Waals surface area contributed by atoms with Crippen LogP contribution in [0.1, 0.15) is 16.1 Å². The number of nitrogens with one attached hydrogen (secondary N) is 2. The van der Waals surface area contributed by atoms with Crippen LogP contribution in [0.3, 0.4) is 0 Å². The van der Waals surface area contributed by atoms with Crippen molar-refractivity contribution in [2.45, 2.75) is 19.1 Å². The lowest BCUT2D eigenvalue weighted by molar-refractivity contribution is -0.274. The van der Waals surface area contributed by atoms with Crippen LogP contribution >= 0.6 is 0 Å². The second-order valence-corrected chi connectivity index (χ2v) is 8.23. The highest BCUT2D eigenvalue weighted by Gasteiger charge is 2.38. The Kier molecular flexibility index (Phi) is 8.70. The van der Waals surface area contributed by atoms with Gasteiger partial charge in [0, 0.05) is 49.9 Å². The number of aliphatic carboxylic acids is 1. The topological polar surface area (TPSA) is 111 Å². The quantitative estimate of drug-likeness (QED) is 0.417. The van der Waals surface area contributed by atoms with Gasteiger partial charge in [0.1, 0.15) is 5.75 Å². The first-order valence-electron chi connectivity index (χ1n) is 11.1. The molecule has 3 N–H and O–H groups in total. The molecule has 2 aromatic carbocycles. The number of anilines is 1. The van der Waals surface area contributed by atoms with Crippen molar-refractivity contribution in [1.29, 1.82) is 0 Å². The van der Waals surface area contributed by atoms with Crippen molar-refractivity contribution in [2.24, 2.45) is 0 Å². The molecular weight excluding hydrogens is 524 g/mol. The summed E-state index contributed by atoms with van der Waals surface area (Å²) in [7, 11) is 2.09. The van der Waals surface area contributed by atoms with E-state index in [2.05, 4.69) is 37.1 Å².